The van der Waals surface area contributed by atoms with Crippen molar-refractivity contribution in [2.24, 2.45) is 0 Å². The van der Waals surface area contributed by atoms with Crippen LogP contribution in [0.25, 0.3) is 0 Å². The number of amides is 2. The Morgan fingerprint density at radius 2 is 2.00 bits per heavy atom. The summed E-state index contributed by atoms with van der Waals surface area (Å²) >= 11 is 0. The summed E-state index contributed by atoms with van der Waals surface area (Å²) in [6.45, 7) is 0.256. The average molecular weight is 358 g/mol. The molecule has 1 aromatic carbocycles. The Morgan fingerprint density at radius 3 is 2.69 bits per heavy atom. The van der Waals surface area contributed by atoms with Crippen LogP contribution in [0.15, 0.2) is 30.3 Å². The van der Waals surface area contributed by atoms with E-state index < -0.39 is 11.8 Å². The number of halogens is 1. The molecule has 1 atom stereocenters. The molecule has 0 bridgehead atoms. The van der Waals surface area contributed by atoms with Gasteiger partial charge in [0.1, 0.15) is 5.69 Å². The second kappa shape index (κ2) is 5.82. The van der Waals surface area contributed by atoms with Gasteiger partial charge in [-0.25, -0.2) is 9.18 Å². The van der Waals surface area contributed by atoms with Gasteiger partial charge < -0.3 is 14.9 Å². The smallest absolute Gasteiger partial charge is 0.407 e. The minimum Gasteiger partial charge on any atom is -0.465 e. The van der Waals surface area contributed by atoms with Crippen LogP contribution in [0.4, 0.5) is 9.18 Å². The van der Waals surface area contributed by atoms with Crippen LogP contribution in [0.1, 0.15) is 27.3 Å². The zero-order valence-corrected chi connectivity index (χ0v) is 14.4. The molecule has 7 nitrogen and oxygen atoms in total. The van der Waals surface area contributed by atoms with E-state index in [9.17, 15) is 14.7 Å². The van der Waals surface area contributed by atoms with Crippen LogP contribution in [0, 0.1) is 0 Å². The monoisotopic (exact) mass is 358 g/mol. The predicted octanol–water partition coefficient (Wildman–Crippen LogP) is 1.87. The first kappa shape index (κ1) is 16.6. The molecule has 0 saturated heterocycles. The van der Waals surface area contributed by atoms with E-state index in [4.69, 9.17) is 0 Å². The van der Waals surface area contributed by atoms with Crippen LogP contribution in [0.5, 0.6) is 0 Å². The lowest BCUT2D eigenvalue weighted by atomic mass is 9.95. The molecular formula is C18H19FN4O3. The first-order chi connectivity index (χ1) is 12.4. The van der Waals surface area contributed by atoms with Gasteiger partial charge in [0, 0.05) is 25.6 Å². The molecule has 2 aliphatic rings. The number of alkyl halides is 1. The number of carbonyl (C=O) groups is 2. The van der Waals surface area contributed by atoms with Crippen molar-refractivity contribution >= 4 is 12.0 Å². The second-order valence-electron chi connectivity index (χ2n) is 6.88. The van der Waals surface area contributed by atoms with Gasteiger partial charge in [0.05, 0.1) is 25.3 Å². The maximum atomic E-state index is 15.9. The Hall–Kier alpha value is -2.90. The van der Waals surface area contributed by atoms with Crippen molar-refractivity contribution in [2.45, 2.75) is 25.2 Å². The fourth-order valence-electron chi connectivity index (χ4n) is 3.78. The highest BCUT2D eigenvalue weighted by atomic mass is 19.1. The molecular weight excluding hydrogens is 339 g/mol. The Balaban J connectivity index is 1.80. The van der Waals surface area contributed by atoms with Crippen molar-refractivity contribution in [2.75, 3.05) is 20.1 Å². The Kier molecular flexibility index (Phi) is 3.71. The minimum atomic E-state index is -1.77. The predicted molar refractivity (Wildman–Crippen MR) is 90.6 cm³/mol. The van der Waals surface area contributed by atoms with E-state index in [0.29, 0.717) is 35.5 Å². The van der Waals surface area contributed by atoms with Crippen LogP contribution >= 0.6 is 0 Å². The van der Waals surface area contributed by atoms with Gasteiger partial charge in [-0.1, -0.05) is 30.3 Å². The van der Waals surface area contributed by atoms with Gasteiger partial charge in [0.15, 0.2) is 5.67 Å². The van der Waals surface area contributed by atoms with E-state index in [1.54, 1.807) is 31.3 Å². The van der Waals surface area contributed by atoms with Gasteiger partial charge in [-0.3, -0.25) is 9.48 Å². The van der Waals surface area contributed by atoms with Crippen molar-refractivity contribution < 1.29 is 19.1 Å². The average Bonchev–Trinajstić information content (AvgIpc) is 2.93. The fourth-order valence-corrected chi connectivity index (χ4v) is 3.78. The highest BCUT2D eigenvalue weighted by Gasteiger charge is 2.42. The van der Waals surface area contributed by atoms with E-state index in [1.807, 2.05) is 6.07 Å². The van der Waals surface area contributed by atoms with Crippen LogP contribution in [0.3, 0.4) is 0 Å². The number of fused-ring (bicyclic) bond motifs is 3. The Morgan fingerprint density at radius 1 is 1.27 bits per heavy atom. The molecule has 2 aliphatic heterocycles. The molecule has 0 spiro atoms. The summed E-state index contributed by atoms with van der Waals surface area (Å²) in [5.74, 6) is -0.332. The number of hydrogen-bond donors (Lipinski definition) is 1. The largest absolute Gasteiger partial charge is 0.465 e. The zero-order valence-electron chi connectivity index (χ0n) is 14.4. The maximum absolute atomic E-state index is 15.9. The first-order valence-electron chi connectivity index (χ1n) is 8.45. The van der Waals surface area contributed by atoms with Gasteiger partial charge in [0.25, 0.3) is 5.91 Å². The van der Waals surface area contributed by atoms with E-state index in [-0.39, 0.29) is 25.5 Å². The lowest BCUT2D eigenvalue weighted by Crippen LogP contribution is -2.39. The highest BCUT2D eigenvalue weighted by molar-refractivity contribution is 5.94. The lowest BCUT2D eigenvalue weighted by molar-refractivity contribution is 0.0628. The molecule has 1 unspecified atom stereocenters. The number of benzene rings is 1. The van der Waals surface area contributed by atoms with Crippen LogP contribution < -0.4 is 0 Å². The van der Waals surface area contributed by atoms with Crippen LogP contribution in [-0.4, -0.2) is 56.8 Å². The summed E-state index contributed by atoms with van der Waals surface area (Å²) in [6, 6.07) is 8.76. The van der Waals surface area contributed by atoms with Crippen LogP contribution in [-0.2, 0) is 25.2 Å². The summed E-state index contributed by atoms with van der Waals surface area (Å²) in [5.41, 5.74) is 0.291. The summed E-state index contributed by atoms with van der Waals surface area (Å²) in [7, 11) is 1.56. The summed E-state index contributed by atoms with van der Waals surface area (Å²) < 4.78 is 17.3. The topological polar surface area (TPSA) is 78.7 Å². The Bertz CT molecular complexity index is 882. The number of nitrogens with zero attached hydrogens (tertiary/aromatic N) is 4. The number of aromatic nitrogens is 2. The quantitative estimate of drug-likeness (QED) is 0.844. The van der Waals surface area contributed by atoms with Crippen molar-refractivity contribution in [3.05, 3.63) is 52.8 Å². The molecule has 0 fully saturated rings. The van der Waals surface area contributed by atoms with E-state index in [1.165, 1.54) is 14.5 Å². The van der Waals surface area contributed by atoms with Gasteiger partial charge >= 0.3 is 6.09 Å². The molecule has 1 aromatic heterocycles. The molecule has 2 aromatic rings. The van der Waals surface area contributed by atoms with E-state index in [0.717, 1.165) is 0 Å². The third kappa shape index (κ3) is 2.53. The summed E-state index contributed by atoms with van der Waals surface area (Å²) in [4.78, 5) is 26.8. The van der Waals surface area contributed by atoms with Gasteiger partial charge in [-0.05, 0) is 5.56 Å². The molecule has 3 heterocycles. The maximum Gasteiger partial charge on any atom is 0.407 e. The van der Waals surface area contributed by atoms with Crippen LogP contribution in [0.2, 0.25) is 0 Å². The van der Waals surface area contributed by atoms with E-state index >= 15 is 4.39 Å². The van der Waals surface area contributed by atoms with Crippen molar-refractivity contribution in [1.82, 2.24) is 19.6 Å². The first-order valence-corrected chi connectivity index (χ1v) is 8.45. The van der Waals surface area contributed by atoms with Crippen molar-refractivity contribution in [3.8, 4) is 0 Å². The van der Waals surface area contributed by atoms with Crippen molar-refractivity contribution in [3.63, 3.8) is 0 Å². The SMILES string of the molecule is CN1CC(F)(c2ccccc2)Cn2nc3c(c2C1=O)CN(C(=O)O)CC3. The molecule has 8 heteroatoms. The molecule has 26 heavy (non-hydrogen) atoms. The molecule has 0 radical (unpaired) electrons. The second-order valence-corrected chi connectivity index (χ2v) is 6.88. The van der Waals surface area contributed by atoms with Crippen molar-refractivity contribution in [1.29, 1.82) is 0 Å². The standard InChI is InChI=1S/C18H19FN4O3/c1-21-10-18(19,12-5-3-2-4-6-12)11-23-15(16(21)24)13-9-22(17(25)26)8-7-14(13)20-23/h2-6H,7-11H2,1H3,(H,25,26). The molecule has 136 valence electrons. The molecule has 0 saturated carbocycles. The zero-order chi connectivity index (χ0) is 18.5. The fraction of sp³-hybridized carbons (Fsp3) is 0.389. The van der Waals surface area contributed by atoms with Gasteiger partial charge in [-0.15, -0.1) is 0 Å². The normalized spacial score (nSPS) is 22.6. The lowest BCUT2D eigenvalue weighted by Gasteiger charge is -2.28. The summed E-state index contributed by atoms with van der Waals surface area (Å²) in [6.07, 6.45) is -0.613. The van der Waals surface area contributed by atoms with E-state index in [2.05, 4.69) is 5.10 Å². The number of hydrogen-bond acceptors (Lipinski definition) is 3. The Labute approximate surface area is 149 Å². The number of carbonyl (C=O) groups excluding carboxylic acids is 1. The third-order valence-corrected chi connectivity index (χ3v) is 5.10. The molecule has 0 aliphatic carbocycles. The molecule has 1 N–H and O–H groups in total. The number of carboxylic acid groups (broad SMARTS) is 1. The number of likely N-dealkylation sites (N-methyl/N-ethyl adjacent to an activating group) is 1. The van der Waals surface area contributed by atoms with Gasteiger partial charge in [0.2, 0.25) is 0 Å². The summed E-state index contributed by atoms with van der Waals surface area (Å²) in [5, 5.41) is 13.7. The van der Waals surface area contributed by atoms with Gasteiger partial charge in [-0.2, -0.15) is 5.10 Å². The molecule has 4 rings (SSSR count). The highest BCUT2D eigenvalue weighted by Crippen LogP contribution is 2.34. The third-order valence-electron chi connectivity index (χ3n) is 5.10. The molecule has 2 amide bonds. The minimum absolute atomic E-state index is 0.0809. The number of rotatable bonds is 1.